The largest absolute Gasteiger partial charge is 0.356 e. The second kappa shape index (κ2) is 7.79. The molecule has 1 aliphatic heterocycles. The molecule has 1 atom stereocenters. The molecule has 0 fully saturated rings. The van der Waals surface area contributed by atoms with E-state index in [9.17, 15) is 14.4 Å². The zero-order chi connectivity index (χ0) is 20.4. The van der Waals surface area contributed by atoms with Gasteiger partial charge in [-0.05, 0) is 30.2 Å². The van der Waals surface area contributed by atoms with Crippen molar-refractivity contribution in [3.63, 3.8) is 0 Å². The fourth-order valence-corrected chi connectivity index (χ4v) is 3.67. The van der Waals surface area contributed by atoms with Gasteiger partial charge >= 0.3 is 0 Å². The summed E-state index contributed by atoms with van der Waals surface area (Å²) in [5, 5.41) is 9.36. The van der Waals surface area contributed by atoms with E-state index in [0.29, 0.717) is 24.2 Å². The predicted octanol–water partition coefficient (Wildman–Crippen LogP) is 1.98. The number of hydrogen-bond donors (Lipinski definition) is 3. The van der Waals surface area contributed by atoms with Crippen LogP contribution < -0.4 is 16.0 Å². The minimum atomic E-state index is -0.910. The molecule has 7 nitrogen and oxygen atoms in total. The summed E-state index contributed by atoms with van der Waals surface area (Å²) in [6, 6.07) is 14.0. The Hall–Kier alpha value is -3.61. The Bertz CT molecular complexity index is 1100. The van der Waals surface area contributed by atoms with Crippen LogP contribution in [0, 0.1) is 0 Å². The predicted molar refractivity (Wildman–Crippen MR) is 111 cm³/mol. The molecule has 0 bridgehead atoms. The van der Waals surface area contributed by atoms with Crippen molar-refractivity contribution in [1.82, 2.24) is 15.2 Å². The number of amides is 3. The minimum Gasteiger partial charge on any atom is -0.356 e. The summed E-state index contributed by atoms with van der Waals surface area (Å²) in [5.74, 6) is -1.04. The number of carbonyl (C=O) groups excluding carboxylic acids is 3. The number of aromatic nitrogens is 1. The molecule has 0 saturated carbocycles. The summed E-state index contributed by atoms with van der Waals surface area (Å²) < 4.78 is 2.07. The molecular weight excluding hydrogens is 368 g/mol. The Morgan fingerprint density at radius 2 is 1.86 bits per heavy atom. The third kappa shape index (κ3) is 3.85. The standard InChI is InChI=1S/C22H22N4O3/c1-26-13-14(15-6-3-5-9-19(15)26)10-11-23-20(27)12-18-22(29)24-17-8-4-2-7-16(17)21(28)25-18/h2-9,13,18H,10-12H2,1H3,(H,23,27)(H,24,29)(H,25,28)/t18-/m0/s1. The molecule has 2 aromatic carbocycles. The maximum atomic E-state index is 12.4. The van der Waals surface area contributed by atoms with Gasteiger partial charge in [0.15, 0.2) is 0 Å². The van der Waals surface area contributed by atoms with Crippen molar-refractivity contribution in [3.8, 4) is 0 Å². The average molecular weight is 390 g/mol. The molecule has 1 aliphatic rings. The first-order valence-electron chi connectivity index (χ1n) is 9.53. The number of aryl methyl sites for hydroxylation is 1. The van der Waals surface area contributed by atoms with Crippen LogP contribution in [-0.4, -0.2) is 34.9 Å². The summed E-state index contributed by atoms with van der Waals surface area (Å²) in [5.41, 5.74) is 3.14. The van der Waals surface area contributed by atoms with Crippen LogP contribution >= 0.6 is 0 Å². The van der Waals surface area contributed by atoms with Crippen LogP contribution in [0.3, 0.4) is 0 Å². The molecule has 0 aliphatic carbocycles. The number of para-hydroxylation sites is 2. The number of rotatable bonds is 5. The Kier molecular flexibility index (Phi) is 5.03. The maximum Gasteiger partial charge on any atom is 0.254 e. The van der Waals surface area contributed by atoms with E-state index in [0.717, 1.165) is 16.5 Å². The zero-order valence-electron chi connectivity index (χ0n) is 16.1. The fraction of sp³-hybridized carbons (Fsp3) is 0.227. The van der Waals surface area contributed by atoms with E-state index in [1.165, 1.54) is 0 Å². The number of anilines is 1. The van der Waals surface area contributed by atoms with E-state index in [4.69, 9.17) is 0 Å². The van der Waals surface area contributed by atoms with E-state index < -0.39 is 11.9 Å². The first-order chi connectivity index (χ1) is 14.0. The van der Waals surface area contributed by atoms with E-state index in [2.05, 4.69) is 38.8 Å². The molecule has 29 heavy (non-hydrogen) atoms. The molecule has 3 aromatic rings. The normalized spacial score (nSPS) is 16.0. The molecule has 2 heterocycles. The van der Waals surface area contributed by atoms with Gasteiger partial charge in [-0.3, -0.25) is 14.4 Å². The van der Waals surface area contributed by atoms with Crippen molar-refractivity contribution >= 4 is 34.3 Å². The van der Waals surface area contributed by atoms with Crippen LogP contribution in [0.2, 0.25) is 0 Å². The SMILES string of the molecule is Cn1cc(CCNC(=O)C[C@@H]2NC(=O)c3ccccc3NC2=O)c2ccccc21. The van der Waals surface area contributed by atoms with Gasteiger partial charge < -0.3 is 20.5 Å². The Balaban J connectivity index is 1.35. The van der Waals surface area contributed by atoms with Gasteiger partial charge in [0.25, 0.3) is 5.91 Å². The molecule has 4 rings (SSSR count). The number of nitrogens with zero attached hydrogens (tertiary/aromatic N) is 1. The average Bonchev–Trinajstić information content (AvgIpc) is 2.97. The monoisotopic (exact) mass is 390 g/mol. The number of carbonyl (C=O) groups is 3. The lowest BCUT2D eigenvalue weighted by molar-refractivity contribution is -0.125. The number of benzene rings is 2. The van der Waals surface area contributed by atoms with E-state index in [1.54, 1.807) is 24.3 Å². The smallest absolute Gasteiger partial charge is 0.254 e. The van der Waals surface area contributed by atoms with Crippen LogP contribution in [0.5, 0.6) is 0 Å². The minimum absolute atomic E-state index is 0.110. The van der Waals surface area contributed by atoms with Crippen molar-refractivity contribution in [2.45, 2.75) is 18.9 Å². The highest BCUT2D eigenvalue weighted by atomic mass is 16.2. The Morgan fingerprint density at radius 3 is 2.72 bits per heavy atom. The lowest BCUT2D eigenvalue weighted by atomic mass is 10.1. The summed E-state index contributed by atoms with van der Waals surface area (Å²) in [7, 11) is 2.00. The lowest BCUT2D eigenvalue weighted by Gasteiger charge is -2.14. The molecule has 1 aromatic heterocycles. The Morgan fingerprint density at radius 1 is 1.10 bits per heavy atom. The topological polar surface area (TPSA) is 92.2 Å². The van der Waals surface area contributed by atoms with Crippen molar-refractivity contribution < 1.29 is 14.4 Å². The van der Waals surface area contributed by atoms with Crippen LogP contribution in [0.15, 0.2) is 54.7 Å². The number of hydrogen-bond acceptors (Lipinski definition) is 3. The molecule has 3 N–H and O–H groups in total. The van der Waals surface area contributed by atoms with Gasteiger partial charge in [0.05, 0.1) is 17.7 Å². The summed E-state index contributed by atoms with van der Waals surface area (Å²) in [6.45, 7) is 0.454. The quantitative estimate of drug-likeness (QED) is 0.622. The van der Waals surface area contributed by atoms with Gasteiger partial charge in [-0.25, -0.2) is 0 Å². The molecular formula is C22H22N4O3. The molecule has 3 amide bonds. The van der Waals surface area contributed by atoms with Gasteiger partial charge in [-0.15, -0.1) is 0 Å². The van der Waals surface area contributed by atoms with E-state index >= 15 is 0 Å². The number of fused-ring (bicyclic) bond motifs is 2. The zero-order valence-corrected chi connectivity index (χ0v) is 16.1. The van der Waals surface area contributed by atoms with Gasteiger partial charge in [0.2, 0.25) is 11.8 Å². The van der Waals surface area contributed by atoms with Crippen LogP contribution in [0.25, 0.3) is 10.9 Å². The van der Waals surface area contributed by atoms with Gasteiger partial charge in [-0.1, -0.05) is 30.3 Å². The van der Waals surface area contributed by atoms with Crippen molar-refractivity contribution in [1.29, 1.82) is 0 Å². The van der Waals surface area contributed by atoms with Crippen molar-refractivity contribution in [3.05, 3.63) is 65.9 Å². The highest BCUT2D eigenvalue weighted by Gasteiger charge is 2.29. The molecule has 0 radical (unpaired) electrons. The van der Waals surface area contributed by atoms with Gasteiger partial charge in [0.1, 0.15) is 6.04 Å². The summed E-state index contributed by atoms with van der Waals surface area (Å²) in [6.07, 6.45) is 2.63. The van der Waals surface area contributed by atoms with Crippen LogP contribution in [-0.2, 0) is 23.1 Å². The summed E-state index contributed by atoms with van der Waals surface area (Å²) in [4.78, 5) is 37.1. The second-order valence-electron chi connectivity index (χ2n) is 7.15. The van der Waals surface area contributed by atoms with Crippen LogP contribution in [0.4, 0.5) is 5.69 Å². The van der Waals surface area contributed by atoms with E-state index in [-0.39, 0.29) is 18.2 Å². The number of nitrogens with one attached hydrogen (secondary N) is 3. The summed E-state index contributed by atoms with van der Waals surface area (Å²) >= 11 is 0. The van der Waals surface area contributed by atoms with Crippen molar-refractivity contribution in [2.75, 3.05) is 11.9 Å². The molecule has 0 saturated heterocycles. The third-order valence-corrected chi connectivity index (χ3v) is 5.14. The molecule has 0 spiro atoms. The highest BCUT2D eigenvalue weighted by molar-refractivity contribution is 6.10. The van der Waals surface area contributed by atoms with E-state index in [1.807, 2.05) is 19.2 Å². The van der Waals surface area contributed by atoms with Crippen LogP contribution in [0.1, 0.15) is 22.3 Å². The first-order valence-corrected chi connectivity index (χ1v) is 9.53. The van der Waals surface area contributed by atoms with Gasteiger partial charge in [-0.2, -0.15) is 0 Å². The first kappa shape index (κ1) is 18.7. The maximum absolute atomic E-state index is 12.4. The second-order valence-corrected chi connectivity index (χ2v) is 7.15. The highest BCUT2D eigenvalue weighted by Crippen LogP contribution is 2.21. The Labute approximate surface area is 168 Å². The molecule has 148 valence electrons. The molecule has 7 heteroatoms. The van der Waals surface area contributed by atoms with Crippen molar-refractivity contribution in [2.24, 2.45) is 7.05 Å². The fourth-order valence-electron chi connectivity index (χ4n) is 3.67. The molecule has 0 unspecified atom stereocenters. The third-order valence-electron chi connectivity index (χ3n) is 5.14. The van der Waals surface area contributed by atoms with Gasteiger partial charge in [0, 0.05) is 30.7 Å². The lowest BCUT2D eigenvalue weighted by Crippen LogP contribution is -2.44.